The van der Waals surface area contributed by atoms with Crippen LogP contribution in [-0.4, -0.2) is 18.7 Å². The molecule has 0 aromatic heterocycles. The van der Waals surface area contributed by atoms with Crippen LogP contribution >= 0.6 is 0 Å². The number of ether oxygens (including phenoxy) is 1. The van der Waals surface area contributed by atoms with Gasteiger partial charge in [-0.3, -0.25) is 9.79 Å². The normalized spacial score (nSPS) is 10.9. The third kappa shape index (κ3) is 6.04. The lowest BCUT2D eigenvalue weighted by molar-refractivity contribution is -0.118. The molecule has 0 atom stereocenters. The number of nitrogens with one attached hydrogen (secondary N) is 1. The number of hydrogen-bond acceptors (Lipinski definition) is 3. The number of aliphatic imine (C=N–C) groups is 1. The summed E-state index contributed by atoms with van der Waals surface area (Å²) in [5, 5.41) is 2.86. The van der Waals surface area contributed by atoms with E-state index in [0.717, 1.165) is 28.9 Å². The molecule has 1 N–H and O–H groups in total. The predicted octanol–water partition coefficient (Wildman–Crippen LogP) is 5.63. The fraction of sp³-hybridized carbons (Fsp3) is 0.200. The molecule has 3 aromatic rings. The predicted molar refractivity (Wildman–Crippen MR) is 120 cm³/mol. The SMILES string of the molecule is CCc1ccc(N=Cc2cccc(OCC(=O)Nc3ccc(C)c(C)c3)c2)cc1. The van der Waals surface area contributed by atoms with Crippen molar-refractivity contribution in [2.75, 3.05) is 11.9 Å². The molecule has 29 heavy (non-hydrogen) atoms. The van der Waals surface area contributed by atoms with Crippen molar-refractivity contribution < 1.29 is 9.53 Å². The summed E-state index contributed by atoms with van der Waals surface area (Å²) >= 11 is 0. The van der Waals surface area contributed by atoms with Gasteiger partial charge in [0.15, 0.2) is 6.61 Å². The number of anilines is 1. The van der Waals surface area contributed by atoms with Crippen molar-refractivity contribution in [1.29, 1.82) is 0 Å². The molecule has 0 aliphatic heterocycles. The van der Waals surface area contributed by atoms with Gasteiger partial charge in [-0.15, -0.1) is 0 Å². The summed E-state index contributed by atoms with van der Waals surface area (Å²) in [6, 6.07) is 21.6. The highest BCUT2D eigenvalue weighted by Gasteiger charge is 2.05. The summed E-state index contributed by atoms with van der Waals surface area (Å²) in [5.41, 5.74) is 6.21. The molecule has 0 aliphatic rings. The Morgan fingerprint density at radius 1 is 1.00 bits per heavy atom. The lowest BCUT2D eigenvalue weighted by Gasteiger charge is -2.09. The van der Waals surface area contributed by atoms with Gasteiger partial charge in [-0.2, -0.15) is 0 Å². The van der Waals surface area contributed by atoms with Gasteiger partial charge >= 0.3 is 0 Å². The van der Waals surface area contributed by atoms with E-state index in [1.807, 2.05) is 68.4 Å². The molecule has 4 heteroatoms. The molecular formula is C25H26N2O2. The number of benzene rings is 3. The van der Waals surface area contributed by atoms with Gasteiger partial charge in [0, 0.05) is 11.9 Å². The summed E-state index contributed by atoms with van der Waals surface area (Å²) in [7, 11) is 0. The second kappa shape index (κ2) is 9.69. The monoisotopic (exact) mass is 386 g/mol. The first-order valence-electron chi connectivity index (χ1n) is 9.76. The number of nitrogens with zero attached hydrogens (tertiary/aromatic N) is 1. The Balaban J connectivity index is 1.56. The molecule has 148 valence electrons. The van der Waals surface area contributed by atoms with E-state index in [1.165, 1.54) is 11.1 Å². The van der Waals surface area contributed by atoms with Gasteiger partial charge in [0.25, 0.3) is 5.91 Å². The van der Waals surface area contributed by atoms with Gasteiger partial charge in [-0.05, 0) is 78.9 Å². The van der Waals surface area contributed by atoms with Crippen molar-refractivity contribution in [3.05, 3.63) is 89.0 Å². The molecule has 3 rings (SSSR count). The van der Waals surface area contributed by atoms with Crippen molar-refractivity contribution in [3.63, 3.8) is 0 Å². The van der Waals surface area contributed by atoms with Crippen LogP contribution in [0.15, 0.2) is 71.7 Å². The minimum absolute atomic E-state index is 0.0496. The maximum atomic E-state index is 12.2. The molecule has 0 aliphatic carbocycles. The molecule has 0 fully saturated rings. The molecule has 1 amide bonds. The number of amides is 1. The van der Waals surface area contributed by atoms with Crippen LogP contribution in [0.5, 0.6) is 5.75 Å². The summed E-state index contributed by atoms with van der Waals surface area (Å²) < 4.78 is 5.64. The zero-order valence-electron chi connectivity index (χ0n) is 17.1. The molecule has 0 saturated carbocycles. The summed E-state index contributed by atoms with van der Waals surface area (Å²) in [6.07, 6.45) is 2.81. The largest absolute Gasteiger partial charge is 0.484 e. The molecule has 0 heterocycles. The number of carbonyl (C=O) groups excluding carboxylic acids is 1. The van der Waals surface area contributed by atoms with E-state index in [4.69, 9.17) is 4.74 Å². The number of hydrogen-bond donors (Lipinski definition) is 1. The van der Waals surface area contributed by atoms with Gasteiger partial charge in [-0.25, -0.2) is 0 Å². The second-order valence-corrected chi connectivity index (χ2v) is 6.99. The molecule has 4 nitrogen and oxygen atoms in total. The molecule has 0 radical (unpaired) electrons. The summed E-state index contributed by atoms with van der Waals surface area (Å²) in [5.74, 6) is 0.439. The maximum absolute atomic E-state index is 12.2. The Hall–Kier alpha value is -3.40. The van der Waals surface area contributed by atoms with Crippen LogP contribution < -0.4 is 10.1 Å². The van der Waals surface area contributed by atoms with Crippen LogP contribution in [0.3, 0.4) is 0 Å². The van der Waals surface area contributed by atoms with E-state index in [9.17, 15) is 4.79 Å². The Bertz CT molecular complexity index is 1010. The Labute approximate surface area is 172 Å². The molecule has 0 saturated heterocycles. The highest BCUT2D eigenvalue weighted by Crippen LogP contribution is 2.17. The zero-order valence-corrected chi connectivity index (χ0v) is 17.1. The first-order chi connectivity index (χ1) is 14.0. The van der Waals surface area contributed by atoms with E-state index < -0.39 is 0 Å². The van der Waals surface area contributed by atoms with Crippen LogP contribution in [0.25, 0.3) is 0 Å². The fourth-order valence-electron chi connectivity index (χ4n) is 2.82. The first kappa shape index (κ1) is 20.3. The Morgan fingerprint density at radius 3 is 2.52 bits per heavy atom. The van der Waals surface area contributed by atoms with Crippen LogP contribution in [-0.2, 0) is 11.2 Å². The molecular weight excluding hydrogens is 360 g/mol. The van der Waals surface area contributed by atoms with Gasteiger partial charge < -0.3 is 10.1 Å². The molecule has 0 spiro atoms. The van der Waals surface area contributed by atoms with E-state index in [-0.39, 0.29) is 12.5 Å². The van der Waals surface area contributed by atoms with Gasteiger partial charge in [0.05, 0.1) is 5.69 Å². The second-order valence-electron chi connectivity index (χ2n) is 6.99. The van der Waals surface area contributed by atoms with E-state index in [0.29, 0.717) is 5.75 Å². The van der Waals surface area contributed by atoms with Crippen LogP contribution in [0, 0.1) is 13.8 Å². The van der Waals surface area contributed by atoms with E-state index in [1.54, 1.807) is 6.21 Å². The van der Waals surface area contributed by atoms with Crippen LogP contribution in [0.4, 0.5) is 11.4 Å². The summed E-state index contributed by atoms with van der Waals surface area (Å²) in [6.45, 7) is 6.14. The fourth-order valence-corrected chi connectivity index (χ4v) is 2.82. The van der Waals surface area contributed by atoms with Crippen molar-refractivity contribution >= 4 is 23.5 Å². The molecule has 0 bridgehead atoms. The average molecular weight is 386 g/mol. The van der Waals surface area contributed by atoms with E-state index >= 15 is 0 Å². The van der Waals surface area contributed by atoms with Crippen molar-refractivity contribution in [2.24, 2.45) is 4.99 Å². The van der Waals surface area contributed by atoms with Crippen LogP contribution in [0.1, 0.15) is 29.2 Å². The highest BCUT2D eigenvalue weighted by atomic mass is 16.5. The van der Waals surface area contributed by atoms with Crippen LogP contribution in [0.2, 0.25) is 0 Å². The standard InChI is InChI=1S/C25H26N2O2/c1-4-20-9-12-22(13-10-20)26-16-21-6-5-7-24(15-21)29-17-25(28)27-23-11-8-18(2)19(3)14-23/h5-16H,4,17H2,1-3H3,(H,27,28). The van der Waals surface area contributed by atoms with Crippen molar-refractivity contribution in [1.82, 2.24) is 0 Å². The summed E-state index contributed by atoms with van der Waals surface area (Å²) in [4.78, 5) is 16.7. The van der Waals surface area contributed by atoms with Gasteiger partial charge in [0.2, 0.25) is 0 Å². The lowest BCUT2D eigenvalue weighted by Crippen LogP contribution is -2.20. The van der Waals surface area contributed by atoms with E-state index in [2.05, 4.69) is 29.4 Å². The Morgan fingerprint density at radius 2 is 1.79 bits per heavy atom. The number of rotatable bonds is 7. The molecule has 3 aromatic carbocycles. The number of carbonyl (C=O) groups is 1. The first-order valence-corrected chi connectivity index (χ1v) is 9.76. The van der Waals surface area contributed by atoms with Gasteiger partial charge in [-0.1, -0.05) is 37.3 Å². The smallest absolute Gasteiger partial charge is 0.262 e. The molecule has 0 unspecified atom stereocenters. The third-order valence-corrected chi connectivity index (χ3v) is 4.73. The lowest BCUT2D eigenvalue weighted by atomic mass is 10.1. The third-order valence-electron chi connectivity index (χ3n) is 4.73. The maximum Gasteiger partial charge on any atom is 0.262 e. The average Bonchev–Trinajstić information content (AvgIpc) is 2.74. The minimum Gasteiger partial charge on any atom is -0.484 e. The topological polar surface area (TPSA) is 50.7 Å². The van der Waals surface area contributed by atoms with Crippen molar-refractivity contribution in [2.45, 2.75) is 27.2 Å². The van der Waals surface area contributed by atoms with Gasteiger partial charge in [0.1, 0.15) is 5.75 Å². The minimum atomic E-state index is -0.191. The van der Waals surface area contributed by atoms with Crippen molar-refractivity contribution in [3.8, 4) is 5.75 Å². The quantitative estimate of drug-likeness (QED) is 0.535. The zero-order chi connectivity index (χ0) is 20.6. The number of aryl methyl sites for hydroxylation is 3. The Kier molecular flexibility index (Phi) is 6.80. The highest BCUT2D eigenvalue weighted by molar-refractivity contribution is 5.92.